The van der Waals surface area contributed by atoms with Gasteiger partial charge in [0, 0.05) is 6.92 Å². The lowest BCUT2D eigenvalue weighted by molar-refractivity contribution is -0.607. The van der Waals surface area contributed by atoms with Crippen LogP contribution in [0.15, 0.2) is 72.1 Å². The molecule has 1 amide bonds. The monoisotopic (exact) mass is 334 g/mol. The van der Waals surface area contributed by atoms with Gasteiger partial charge >= 0.3 is 5.91 Å². The summed E-state index contributed by atoms with van der Waals surface area (Å²) in [5.74, 6) is -0.536. The second-order valence-electron chi connectivity index (χ2n) is 5.60. The number of hydrazone groups is 1. The van der Waals surface area contributed by atoms with Crippen molar-refractivity contribution in [1.29, 1.82) is 0 Å². The highest BCUT2D eigenvalue weighted by atomic mass is 16.5. The van der Waals surface area contributed by atoms with Crippen molar-refractivity contribution in [3.63, 3.8) is 0 Å². The Morgan fingerprint density at radius 2 is 1.80 bits per heavy atom. The molecule has 2 aromatic carbocycles. The van der Waals surface area contributed by atoms with E-state index in [0.717, 1.165) is 11.1 Å². The Balaban J connectivity index is 1.73. The fourth-order valence-electron chi connectivity index (χ4n) is 2.53. The highest BCUT2D eigenvalue weighted by molar-refractivity contribution is 5.92. The first-order chi connectivity index (χ1) is 12.1. The van der Waals surface area contributed by atoms with E-state index in [0.29, 0.717) is 17.0 Å². The van der Waals surface area contributed by atoms with Crippen LogP contribution in [-0.2, 0) is 6.54 Å². The molecule has 3 aromatic rings. The second kappa shape index (κ2) is 7.44. The Kier molecular flexibility index (Phi) is 4.89. The SMILES string of the molecule is Cc1c(C(=O)N/N=C/c2ccccc2)[n+]([O-])cn1Cc1ccccc1. The fourth-order valence-corrected chi connectivity index (χ4v) is 2.53. The topological polar surface area (TPSA) is 73.3 Å². The molecule has 25 heavy (non-hydrogen) atoms. The molecule has 0 aliphatic carbocycles. The molecule has 126 valence electrons. The molecule has 0 atom stereocenters. The summed E-state index contributed by atoms with van der Waals surface area (Å²) < 4.78 is 2.32. The van der Waals surface area contributed by atoms with Crippen molar-refractivity contribution < 1.29 is 9.52 Å². The number of aromatic nitrogens is 2. The molecule has 6 heteroatoms. The molecule has 0 saturated carbocycles. The van der Waals surface area contributed by atoms with Crippen molar-refractivity contribution in [2.75, 3.05) is 0 Å². The summed E-state index contributed by atoms with van der Waals surface area (Å²) in [6.07, 6.45) is 2.90. The number of nitrogens with zero attached hydrogens (tertiary/aromatic N) is 3. The molecule has 0 saturated heterocycles. The molecule has 1 heterocycles. The largest absolute Gasteiger partial charge is 0.710 e. The number of carbonyl (C=O) groups excluding carboxylic acids is 1. The lowest BCUT2D eigenvalue weighted by atomic mass is 10.2. The van der Waals surface area contributed by atoms with Gasteiger partial charge in [0.1, 0.15) is 6.54 Å². The van der Waals surface area contributed by atoms with Crippen molar-refractivity contribution in [3.05, 3.63) is 94.7 Å². The minimum absolute atomic E-state index is 0.0427. The van der Waals surface area contributed by atoms with Gasteiger partial charge in [-0.2, -0.15) is 5.10 Å². The molecular formula is C19H18N4O2. The molecule has 0 aliphatic heterocycles. The van der Waals surface area contributed by atoms with Crippen molar-refractivity contribution in [1.82, 2.24) is 9.99 Å². The van der Waals surface area contributed by atoms with Crippen LogP contribution in [0, 0.1) is 12.1 Å². The molecule has 0 spiro atoms. The third-order valence-corrected chi connectivity index (χ3v) is 3.83. The molecular weight excluding hydrogens is 316 g/mol. The van der Waals surface area contributed by atoms with E-state index in [4.69, 9.17) is 0 Å². The average Bonchev–Trinajstić information content (AvgIpc) is 2.90. The third kappa shape index (κ3) is 3.92. The summed E-state index contributed by atoms with van der Waals surface area (Å²) in [5, 5.41) is 16.0. The van der Waals surface area contributed by atoms with E-state index in [1.165, 1.54) is 12.5 Å². The summed E-state index contributed by atoms with van der Waals surface area (Å²) in [7, 11) is 0. The van der Waals surface area contributed by atoms with Crippen LogP contribution in [-0.4, -0.2) is 16.7 Å². The van der Waals surface area contributed by atoms with Gasteiger partial charge in [-0.15, -0.1) is 0 Å². The average molecular weight is 334 g/mol. The van der Waals surface area contributed by atoms with Gasteiger partial charge in [-0.25, -0.2) is 14.7 Å². The molecule has 6 nitrogen and oxygen atoms in total. The van der Waals surface area contributed by atoms with Crippen LogP contribution in [0.2, 0.25) is 0 Å². The highest BCUT2D eigenvalue weighted by Gasteiger charge is 2.23. The zero-order valence-electron chi connectivity index (χ0n) is 13.8. The quantitative estimate of drug-likeness (QED) is 0.336. The van der Waals surface area contributed by atoms with Gasteiger partial charge in [0.2, 0.25) is 12.0 Å². The zero-order valence-corrected chi connectivity index (χ0v) is 13.8. The standard InChI is InChI=1S/C19H18N4O2/c1-15-18(19(24)21-20-12-16-8-4-2-5-9-16)23(25)14-22(15)13-17-10-6-3-7-11-17/h2-12,14H,13H2,1H3,(H,21,24)/b20-12+. The van der Waals surface area contributed by atoms with Crippen LogP contribution in [0.5, 0.6) is 0 Å². The smallest absolute Gasteiger partial charge is 0.315 e. The first-order valence-electron chi connectivity index (χ1n) is 7.86. The lowest BCUT2D eigenvalue weighted by Gasteiger charge is -2.01. The van der Waals surface area contributed by atoms with Crippen molar-refractivity contribution in [2.24, 2.45) is 5.10 Å². The van der Waals surface area contributed by atoms with E-state index in [1.54, 1.807) is 11.5 Å². The first-order valence-corrected chi connectivity index (χ1v) is 7.86. The minimum Gasteiger partial charge on any atom is -0.710 e. The summed E-state index contributed by atoms with van der Waals surface area (Å²) >= 11 is 0. The number of amides is 1. The van der Waals surface area contributed by atoms with Gasteiger partial charge in [0.05, 0.1) is 6.21 Å². The Hall–Kier alpha value is -3.41. The van der Waals surface area contributed by atoms with Gasteiger partial charge in [0.25, 0.3) is 0 Å². The van der Waals surface area contributed by atoms with E-state index in [1.807, 2.05) is 60.7 Å². The molecule has 0 unspecified atom stereocenters. The normalized spacial score (nSPS) is 10.9. The van der Waals surface area contributed by atoms with Crippen LogP contribution in [0.1, 0.15) is 27.3 Å². The predicted molar refractivity (Wildman–Crippen MR) is 95.2 cm³/mol. The zero-order chi connectivity index (χ0) is 17.6. The third-order valence-electron chi connectivity index (χ3n) is 3.83. The Bertz CT molecular complexity index is 887. The second-order valence-corrected chi connectivity index (χ2v) is 5.60. The molecule has 0 radical (unpaired) electrons. The van der Waals surface area contributed by atoms with Crippen LogP contribution < -0.4 is 10.2 Å². The maximum Gasteiger partial charge on any atom is 0.315 e. The number of hydrogen-bond donors (Lipinski definition) is 1. The van der Waals surface area contributed by atoms with E-state index < -0.39 is 5.91 Å². The Morgan fingerprint density at radius 1 is 1.16 bits per heavy atom. The van der Waals surface area contributed by atoms with Crippen molar-refractivity contribution >= 4 is 12.1 Å². The van der Waals surface area contributed by atoms with Gasteiger partial charge in [-0.1, -0.05) is 60.7 Å². The fraction of sp³-hybridized carbons (Fsp3) is 0.105. The van der Waals surface area contributed by atoms with Crippen LogP contribution in [0.25, 0.3) is 0 Å². The van der Waals surface area contributed by atoms with E-state index >= 15 is 0 Å². The van der Waals surface area contributed by atoms with Crippen LogP contribution in [0.4, 0.5) is 0 Å². The molecule has 1 aromatic heterocycles. The van der Waals surface area contributed by atoms with Crippen molar-refractivity contribution in [2.45, 2.75) is 13.5 Å². The summed E-state index contributed by atoms with van der Waals surface area (Å²) in [6, 6.07) is 19.1. The number of nitrogens with one attached hydrogen (secondary N) is 1. The van der Waals surface area contributed by atoms with E-state index in [9.17, 15) is 10.0 Å². The number of hydrogen-bond acceptors (Lipinski definition) is 3. The maximum absolute atomic E-state index is 12.3. The molecule has 3 rings (SSSR count). The van der Waals surface area contributed by atoms with Gasteiger partial charge < -0.3 is 5.21 Å². The highest BCUT2D eigenvalue weighted by Crippen LogP contribution is 2.08. The first kappa shape index (κ1) is 16.4. The summed E-state index contributed by atoms with van der Waals surface area (Å²) in [6.45, 7) is 2.27. The number of imidazole rings is 1. The number of rotatable bonds is 5. The van der Waals surface area contributed by atoms with Gasteiger partial charge in [-0.3, -0.25) is 4.79 Å². The summed E-state index contributed by atoms with van der Waals surface area (Å²) in [4.78, 5) is 12.3. The molecule has 0 bridgehead atoms. The maximum atomic E-state index is 12.3. The Labute approximate surface area is 145 Å². The van der Waals surface area contributed by atoms with Gasteiger partial charge in [-0.05, 0) is 11.1 Å². The minimum atomic E-state index is -0.536. The molecule has 1 N–H and O–H groups in total. The molecule has 0 fully saturated rings. The van der Waals surface area contributed by atoms with Crippen LogP contribution in [0.3, 0.4) is 0 Å². The van der Waals surface area contributed by atoms with E-state index in [-0.39, 0.29) is 5.69 Å². The number of benzene rings is 2. The van der Waals surface area contributed by atoms with Crippen molar-refractivity contribution in [3.8, 4) is 0 Å². The Morgan fingerprint density at radius 3 is 2.48 bits per heavy atom. The van der Waals surface area contributed by atoms with Crippen LogP contribution >= 0.6 is 0 Å². The predicted octanol–water partition coefficient (Wildman–Crippen LogP) is 2.24. The number of carbonyl (C=O) groups is 1. The van der Waals surface area contributed by atoms with E-state index in [2.05, 4.69) is 10.5 Å². The lowest BCUT2D eigenvalue weighted by Crippen LogP contribution is -2.36. The summed E-state index contributed by atoms with van der Waals surface area (Å²) in [5.41, 5.74) is 4.94. The van der Waals surface area contributed by atoms with Gasteiger partial charge in [0.15, 0.2) is 5.69 Å². The molecule has 0 aliphatic rings.